The zero-order chi connectivity index (χ0) is 14.3. The zero-order valence-electron chi connectivity index (χ0n) is 10.7. The van der Waals surface area contributed by atoms with Crippen LogP contribution in [0.3, 0.4) is 0 Å². The minimum Gasteiger partial charge on any atom is -0.434 e. The second kappa shape index (κ2) is 7.68. The van der Waals surface area contributed by atoms with Gasteiger partial charge in [-0.2, -0.15) is 8.78 Å². The molecule has 0 aliphatic rings. The van der Waals surface area contributed by atoms with Gasteiger partial charge in [0.1, 0.15) is 5.75 Å². The van der Waals surface area contributed by atoms with Crippen LogP contribution < -0.4 is 15.8 Å². The first kappa shape index (κ1) is 15.4. The van der Waals surface area contributed by atoms with Crippen molar-refractivity contribution in [2.24, 2.45) is 5.73 Å². The van der Waals surface area contributed by atoms with Crippen LogP contribution in [0.2, 0.25) is 0 Å². The van der Waals surface area contributed by atoms with E-state index in [4.69, 9.17) is 5.73 Å². The highest BCUT2D eigenvalue weighted by Crippen LogP contribution is 2.28. The number of hydrogen-bond donors (Lipinski definition) is 2. The van der Waals surface area contributed by atoms with Crippen molar-refractivity contribution in [3.63, 3.8) is 0 Å². The van der Waals surface area contributed by atoms with Gasteiger partial charge in [-0.1, -0.05) is 25.1 Å². The number of benzene rings is 1. The molecule has 0 aliphatic carbocycles. The first-order chi connectivity index (χ1) is 9.04. The third kappa shape index (κ3) is 5.21. The number of ether oxygens (including phenoxy) is 1. The highest BCUT2D eigenvalue weighted by molar-refractivity contribution is 5.74. The summed E-state index contributed by atoms with van der Waals surface area (Å²) in [6.45, 7) is -0.279. The average Bonchev–Trinajstić information content (AvgIpc) is 2.34. The fourth-order valence-corrected chi connectivity index (χ4v) is 1.78. The molecule has 0 aliphatic heterocycles. The molecule has 0 bridgehead atoms. The summed E-state index contributed by atoms with van der Waals surface area (Å²) in [4.78, 5) is 11.1. The van der Waals surface area contributed by atoms with Gasteiger partial charge in [0, 0.05) is 18.0 Å². The molecule has 0 saturated carbocycles. The number of para-hydroxylation sites is 1. The van der Waals surface area contributed by atoms with Gasteiger partial charge in [-0.25, -0.2) is 0 Å². The summed E-state index contributed by atoms with van der Waals surface area (Å²) in [5.74, 6) is -0.437. The van der Waals surface area contributed by atoms with Crippen LogP contribution in [0.1, 0.15) is 31.4 Å². The quantitative estimate of drug-likeness (QED) is 0.762. The highest BCUT2D eigenvalue weighted by Gasteiger charge is 2.19. The van der Waals surface area contributed by atoms with Crippen LogP contribution >= 0.6 is 0 Å². The van der Waals surface area contributed by atoms with E-state index in [1.165, 1.54) is 6.07 Å². The lowest BCUT2D eigenvalue weighted by atomic mass is 10.0. The van der Waals surface area contributed by atoms with Gasteiger partial charge in [0.2, 0.25) is 5.91 Å². The first-order valence-corrected chi connectivity index (χ1v) is 6.10. The minimum atomic E-state index is -2.90. The molecule has 0 aromatic heterocycles. The van der Waals surface area contributed by atoms with Crippen LogP contribution in [0, 0.1) is 0 Å². The molecule has 1 rings (SSSR count). The predicted molar refractivity (Wildman–Crippen MR) is 67.9 cm³/mol. The number of hydrogen-bond acceptors (Lipinski definition) is 3. The molecule has 0 saturated heterocycles. The van der Waals surface area contributed by atoms with Gasteiger partial charge in [0.05, 0.1) is 0 Å². The number of nitrogens with one attached hydrogen (secondary N) is 1. The van der Waals surface area contributed by atoms with E-state index >= 15 is 0 Å². The van der Waals surface area contributed by atoms with Crippen LogP contribution in [-0.2, 0) is 4.79 Å². The number of carbonyl (C=O) groups excluding carboxylic acids is 1. The number of nitrogens with two attached hydrogens (primary N) is 1. The first-order valence-electron chi connectivity index (χ1n) is 6.10. The van der Waals surface area contributed by atoms with Gasteiger partial charge >= 0.3 is 6.61 Å². The number of alkyl halides is 2. The van der Waals surface area contributed by atoms with Crippen molar-refractivity contribution in [2.45, 2.75) is 32.4 Å². The topological polar surface area (TPSA) is 64.3 Å². The van der Waals surface area contributed by atoms with Crippen LogP contribution in [-0.4, -0.2) is 19.1 Å². The molecule has 0 radical (unpaired) electrons. The molecule has 0 heterocycles. The maximum atomic E-state index is 12.3. The fourth-order valence-electron chi connectivity index (χ4n) is 1.78. The summed E-state index contributed by atoms with van der Waals surface area (Å²) in [7, 11) is 0. The van der Waals surface area contributed by atoms with E-state index in [1.807, 2.05) is 6.92 Å². The highest BCUT2D eigenvalue weighted by atomic mass is 19.3. The second-order valence-corrected chi connectivity index (χ2v) is 4.09. The van der Waals surface area contributed by atoms with Crippen molar-refractivity contribution in [3.8, 4) is 5.75 Å². The molecule has 6 heteroatoms. The molecular weight excluding hydrogens is 254 g/mol. The lowest BCUT2D eigenvalue weighted by Crippen LogP contribution is -2.27. The van der Waals surface area contributed by atoms with E-state index in [1.54, 1.807) is 18.2 Å². The van der Waals surface area contributed by atoms with Gasteiger partial charge in [-0.3, -0.25) is 4.79 Å². The molecule has 4 nitrogen and oxygen atoms in total. The van der Waals surface area contributed by atoms with Crippen molar-refractivity contribution in [3.05, 3.63) is 29.8 Å². The van der Waals surface area contributed by atoms with E-state index in [2.05, 4.69) is 10.1 Å². The van der Waals surface area contributed by atoms with Gasteiger partial charge in [-0.15, -0.1) is 0 Å². The van der Waals surface area contributed by atoms with Crippen LogP contribution in [0.4, 0.5) is 8.78 Å². The molecule has 0 spiro atoms. The summed E-state index contributed by atoms with van der Waals surface area (Å²) in [5, 5.41) is 3.10. The van der Waals surface area contributed by atoms with E-state index in [0.717, 1.165) is 6.42 Å². The Labute approximate surface area is 110 Å². The Kier molecular flexibility index (Phi) is 6.21. The number of halogens is 2. The molecule has 19 heavy (non-hydrogen) atoms. The Balaban J connectivity index is 2.95. The van der Waals surface area contributed by atoms with Gasteiger partial charge in [-0.05, 0) is 19.0 Å². The van der Waals surface area contributed by atoms with Crippen molar-refractivity contribution in [2.75, 3.05) is 6.54 Å². The molecule has 106 valence electrons. The summed E-state index contributed by atoms with van der Waals surface area (Å²) >= 11 is 0. The largest absolute Gasteiger partial charge is 0.434 e. The van der Waals surface area contributed by atoms with E-state index in [9.17, 15) is 13.6 Å². The van der Waals surface area contributed by atoms with E-state index in [-0.39, 0.29) is 12.2 Å². The molecule has 0 fully saturated rings. The monoisotopic (exact) mass is 272 g/mol. The summed E-state index contributed by atoms with van der Waals surface area (Å²) in [5.41, 5.74) is 5.70. The van der Waals surface area contributed by atoms with E-state index in [0.29, 0.717) is 12.1 Å². The van der Waals surface area contributed by atoms with Crippen LogP contribution in [0.25, 0.3) is 0 Å². The molecular formula is C13H18F2N2O2. The summed E-state index contributed by atoms with van der Waals surface area (Å²) < 4.78 is 29.2. The van der Waals surface area contributed by atoms with E-state index < -0.39 is 18.6 Å². The lowest BCUT2D eigenvalue weighted by molar-refractivity contribution is -0.118. The third-order valence-electron chi connectivity index (χ3n) is 2.56. The molecule has 1 aromatic rings. The normalized spacial score (nSPS) is 12.4. The fraction of sp³-hybridized carbons (Fsp3) is 0.462. The minimum absolute atomic E-state index is 0.0314. The number of amides is 1. The summed E-state index contributed by atoms with van der Waals surface area (Å²) in [6, 6.07) is 5.97. The van der Waals surface area contributed by atoms with Crippen molar-refractivity contribution in [1.29, 1.82) is 0 Å². The molecule has 1 aromatic carbocycles. The number of primary amides is 1. The van der Waals surface area contributed by atoms with Crippen molar-refractivity contribution < 1.29 is 18.3 Å². The van der Waals surface area contributed by atoms with Gasteiger partial charge in [0.25, 0.3) is 0 Å². The Morgan fingerprint density at radius 2 is 2.11 bits per heavy atom. The smallest absolute Gasteiger partial charge is 0.387 e. The molecule has 1 unspecified atom stereocenters. The maximum absolute atomic E-state index is 12.3. The zero-order valence-corrected chi connectivity index (χ0v) is 10.7. The Hall–Kier alpha value is -1.69. The summed E-state index contributed by atoms with van der Waals surface area (Å²) in [6.07, 6.45) is 0.886. The van der Waals surface area contributed by atoms with Crippen molar-refractivity contribution in [1.82, 2.24) is 5.32 Å². The van der Waals surface area contributed by atoms with Crippen LogP contribution in [0.5, 0.6) is 5.75 Å². The van der Waals surface area contributed by atoms with Crippen molar-refractivity contribution >= 4 is 5.91 Å². The third-order valence-corrected chi connectivity index (χ3v) is 2.56. The average molecular weight is 272 g/mol. The second-order valence-electron chi connectivity index (χ2n) is 4.09. The molecule has 3 N–H and O–H groups in total. The number of carbonyl (C=O) groups is 1. The molecule has 1 atom stereocenters. The Morgan fingerprint density at radius 3 is 2.68 bits per heavy atom. The Morgan fingerprint density at radius 1 is 1.42 bits per heavy atom. The van der Waals surface area contributed by atoms with Gasteiger partial charge in [0.15, 0.2) is 0 Å². The predicted octanol–water partition coefficient (Wildman–Crippen LogP) is 2.20. The van der Waals surface area contributed by atoms with Crippen LogP contribution in [0.15, 0.2) is 24.3 Å². The van der Waals surface area contributed by atoms with Gasteiger partial charge < -0.3 is 15.8 Å². The number of rotatable bonds is 8. The molecule has 1 amide bonds. The standard InChI is InChI=1S/C13H18F2N2O2/c1-2-7-17-10(8-12(16)18)9-5-3-4-6-11(9)19-13(14)15/h3-6,10,13,17H,2,7-8H2,1H3,(H2,16,18). The maximum Gasteiger partial charge on any atom is 0.387 e. The SMILES string of the molecule is CCCNC(CC(N)=O)c1ccccc1OC(F)F. The Bertz CT molecular complexity index is 413. The lowest BCUT2D eigenvalue weighted by Gasteiger charge is -2.20.